The molecular formula is C18H27N3O2. The summed E-state index contributed by atoms with van der Waals surface area (Å²) < 4.78 is 5.40. The van der Waals surface area contributed by atoms with Gasteiger partial charge < -0.3 is 15.8 Å². The van der Waals surface area contributed by atoms with Gasteiger partial charge in [0, 0.05) is 32.2 Å². The van der Waals surface area contributed by atoms with Crippen LogP contribution in [0.2, 0.25) is 0 Å². The number of nitrogens with one attached hydrogen (secondary N) is 1. The van der Waals surface area contributed by atoms with Crippen LogP contribution in [0.25, 0.3) is 0 Å². The highest BCUT2D eigenvalue weighted by atomic mass is 16.5. The number of morpholine rings is 1. The molecule has 1 saturated carbocycles. The topological polar surface area (TPSA) is 67.6 Å². The molecule has 126 valence electrons. The minimum Gasteiger partial charge on any atom is -0.379 e. The molecule has 1 aromatic carbocycles. The van der Waals surface area contributed by atoms with Crippen molar-refractivity contribution in [2.24, 2.45) is 11.7 Å². The zero-order valence-corrected chi connectivity index (χ0v) is 13.7. The molecule has 1 aliphatic carbocycles. The second kappa shape index (κ2) is 7.90. The first kappa shape index (κ1) is 16.4. The van der Waals surface area contributed by atoms with Crippen molar-refractivity contribution in [3.63, 3.8) is 0 Å². The second-order valence-corrected chi connectivity index (χ2v) is 6.58. The largest absolute Gasteiger partial charge is 0.379 e. The van der Waals surface area contributed by atoms with E-state index >= 15 is 0 Å². The first-order valence-corrected chi connectivity index (χ1v) is 8.64. The number of ether oxygens (including phenoxy) is 1. The van der Waals surface area contributed by atoms with E-state index in [0.717, 1.165) is 52.1 Å². The van der Waals surface area contributed by atoms with Gasteiger partial charge in [0.2, 0.25) is 5.91 Å². The van der Waals surface area contributed by atoms with Crippen molar-refractivity contribution >= 4 is 5.91 Å². The smallest absolute Gasteiger partial charge is 0.224 e. The van der Waals surface area contributed by atoms with Gasteiger partial charge in [0.25, 0.3) is 0 Å². The van der Waals surface area contributed by atoms with E-state index in [9.17, 15) is 4.79 Å². The highest BCUT2D eigenvalue weighted by molar-refractivity contribution is 5.79. The van der Waals surface area contributed by atoms with Gasteiger partial charge in [-0.2, -0.15) is 0 Å². The average molecular weight is 317 g/mol. The summed E-state index contributed by atoms with van der Waals surface area (Å²) in [6.45, 7) is 5.05. The maximum absolute atomic E-state index is 12.3. The van der Waals surface area contributed by atoms with Crippen LogP contribution in [-0.2, 0) is 22.6 Å². The van der Waals surface area contributed by atoms with Gasteiger partial charge in [-0.05, 0) is 24.0 Å². The summed E-state index contributed by atoms with van der Waals surface area (Å²) in [4.78, 5) is 14.7. The molecule has 3 rings (SSSR count). The van der Waals surface area contributed by atoms with Crippen LogP contribution in [0.1, 0.15) is 30.4 Å². The Morgan fingerprint density at radius 3 is 2.65 bits per heavy atom. The van der Waals surface area contributed by atoms with E-state index in [2.05, 4.69) is 28.4 Å². The molecule has 2 aliphatic rings. The fourth-order valence-electron chi connectivity index (χ4n) is 3.51. The first-order valence-electron chi connectivity index (χ1n) is 8.64. The summed E-state index contributed by atoms with van der Waals surface area (Å²) in [7, 11) is 0. The molecule has 1 heterocycles. The molecule has 23 heavy (non-hydrogen) atoms. The molecule has 0 aromatic heterocycles. The third-order valence-electron chi connectivity index (χ3n) is 4.98. The Bertz CT molecular complexity index is 529. The number of hydrogen-bond donors (Lipinski definition) is 2. The van der Waals surface area contributed by atoms with E-state index in [1.807, 2.05) is 6.07 Å². The number of benzene rings is 1. The number of carbonyl (C=O) groups excluding carboxylic acids is 1. The molecule has 2 fully saturated rings. The van der Waals surface area contributed by atoms with Crippen molar-refractivity contribution < 1.29 is 9.53 Å². The Hall–Kier alpha value is -1.43. The van der Waals surface area contributed by atoms with Gasteiger partial charge in [-0.15, -0.1) is 0 Å². The third-order valence-corrected chi connectivity index (χ3v) is 4.98. The van der Waals surface area contributed by atoms with Crippen molar-refractivity contribution in [3.8, 4) is 0 Å². The van der Waals surface area contributed by atoms with Crippen molar-refractivity contribution in [2.75, 3.05) is 26.3 Å². The van der Waals surface area contributed by atoms with Crippen molar-refractivity contribution in [3.05, 3.63) is 35.4 Å². The number of nitrogens with zero attached hydrogens (tertiary/aromatic N) is 1. The van der Waals surface area contributed by atoms with Gasteiger partial charge in [-0.3, -0.25) is 9.69 Å². The van der Waals surface area contributed by atoms with E-state index in [4.69, 9.17) is 10.5 Å². The van der Waals surface area contributed by atoms with E-state index < -0.39 is 0 Å². The highest BCUT2D eigenvalue weighted by Gasteiger charge is 2.30. The van der Waals surface area contributed by atoms with Crippen molar-refractivity contribution in [1.82, 2.24) is 10.2 Å². The van der Waals surface area contributed by atoms with Crippen molar-refractivity contribution in [2.45, 2.75) is 38.4 Å². The Kier molecular flexibility index (Phi) is 5.65. The SMILES string of the molecule is N[C@@H]1CCC[C@H]1C(=O)NCc1ccccc1CN1CCOCC1. The van der Waals surface area contributed by atoms with Crippen LogP contribution in [0, 0.1) is 5.92 Å². The quantitative estimate of drug-likeness (QED) is 0.858. The van der Waals surface area contributed by atoms with Crippen LogP contribution >= 0.6 is 0 Å². The molecule has 0 spiro atoms. The van der Waals surface area contributed by atoms with E-state index in [1.54, 1.807) is 0 Å². The molecule has 0 unspecified atom stereocenters. The van der Waals surface area contributed by atoms with Crippen LogP contribution in [0.3, 0.4) is 0 Å². The van der Waals surface area contributed by atoms with Gasteiger partial charge in [0.15, 0.2) is 0 Å². The number of rotatable bonds is 5. The van der Waals surface area contributed by atoms with Gasteiger partial charge in [0.05, 0.1) is 19.1 Å². The van der Waals surface area contributed by atoms with Crippen molar-refractivity contribution in [1.29, 1.82) is 0 Å². The predicted octanol–water partition coefficient (Wildman–Crippen LogP) is 1.26. The second-order valence-electron chi connectivity index (χ2n) is 6.58. The molecule has 1 aliphatic heterocycles. The fraction of sp³-hybridized carbons (Fsp3) is 0.611. The van der Waals surface area contributed by atoms with E-state index in [-0.39, 0.29) is 17.9 Å². The highest BCUT2D eigenvalue weighted by Crippen LogP contribution is 2.24. The first-order chi connectivity index (χ1) is 11.2. The third kappa shape index (κ3) is 4.31. The molecule has 1 amide bonds. The maximum atomic E-state index is 12.3. The summed E-state index contributed by atoms with van der Waals surface area (Å²) >= 11 is 0. The zero-order valence-electron chi connectivity index (χ0n) is 13.7. The van der Waals surface area contributed by atoms with Crippen LogP contribution in [0.4, 0.5) is 0 Å². The lowest BCUT2D eigenvalue weighted by Crippen LogP contribution is -2.38. The zero-order chi connectivity index (χ0) is 16.1. The van der Waals surface area contributed by atoms with Gasteiger partial charge in [-0.25, -0.2) is 0 Å². The molecule has 3 N–H and O–H groups in total. The normalized spacial score (nSPS) is 25.4. The summed E-state index contributed by atoms with van der Waals surface area (Å²) in [6.07, 6.45) is 2.95. The summed E-state index contributed by atoms with van der Waals surface area (Å²) in [5, 5.41) is 3.09. The Morgan fingerprint density at radius 2 is 1.96 bits per heavy atom. The minimum absolute atomic E-state index is 0.0126. The van der Waals surface area contributed by atoms with Gasteiger partial charge in [-0.1, -0.05) is 30.7 Å². The number of amides is 1. The Balaban J connectivity index is 1.58. The predicted molar refractivity (Wildman–Crippen MR) is 89.7 cm³/mol. The lowest BCUT2D eigenvalue weighted by Gasteiger charge is -2.27. The molecule has 0 bridgehead atoms. The van der Waals surface area contributed by atoms with E-state index in [1.165, 1.54) is 11.1 Å². The molecule has 2 atom stereocenters. The fourth-order valence-corrected chi connectivity index (χ4v) is 3.51. The molecule has 0 radical (unpaired) electrons. The van der Waals surface area contributed by atoms with Gasteiger partial charge in [0.1, 0.15) is 0 Å². The van der Waals surface area contributed by atoms with Crippen LogP contribution in [0.15, 0.2) is 24.3 Å². The monoisotopic (exact) mass is 317 g/mol. The molecule has 5 nitrogen and oxygen atoms in total. The lowest BCUT2D eigenvalue weighted by molar-refractivity contribution is -0.125. The number of carbonyl (C=O) groups is 1. The summed E-state index contributed by atoms with van der Waals surface area (Å²) in [5.41, 5.74) is 8.50. The number of nitrogens with two attached hydrogens (primary N) is 1. The number of hydrogen-bond acceptors (Lipinski definition) is 4. The van der Waals surface area contributed by atoms with E-state index in [0.29, 0.717) is 6.54 Å². The molecular weight excluding hydrogens is 290 g/mol. The summed E-state index contributed by atoms with van der Waals surface area (Å²) in [5.74, 6) is 0.0950. The molecule has 1 aromatic rings. The lowest BCUT2D eigenvalue weighted by atomic mass is 10.0. The van der Waals surface area contributed by atoms with Crippen LogP contribution in [-0.4, -0.2) is 43.2 Å². The van der Waals surface area contributed by atoms with Crippen LogP contribution < -0.4 is 11.1 Å². The van der Waals surface area contributed by atoms with Crippen LogP contribution in [0.5, 0.6) is 0 Å². The van der Waals surface area contributed by atoms with Gasteiger partial charge >= 0.3 is 0 Å². The Morgan fingerprint density at radius 1 is 1.22 bits per heavy atom. The molecule has 1 saturated heterocycles. The molecule has 5 heteroatoms. The minimum atomic E-state index is -0.0126. The standard InChI is InChI=1S/C18H27N3O2/c19-17-7-3-6-16(17)18(22)20-12-14-4-1-2-5-15(14)13-21-8-10-23-11-9-21/h1-2,4-5,16-17H,3,6-13,19H2,(H,20,22)/t16-,17-/m1/s1. The maximum Gasteiger partial charge on any atom is 0.224 e. The Labute approximate surface area is 138 Å². The summed E-state index contributed by atoms with van der Waals surface area (Å²) in [6, 6.07) is 8.38. The average Bonchev–Trinajstić information content (AvgIpc) is 3.01.